The molecule has 0 aliphatic heterocycles. The molecule has 0 fully saturated rings. The number of hydrogen-bond acceptors (Lipinski definition) is 2. The Morgan fingerprint density at radius 2 is 1.68 bits per heavy atom. The van der Waals surface area contributed by atoms with Crippen LogP contribution >= 0.6 is 15.9 Å². The molecule has 25 heavy (non-hydrogen) atoms. The van der Waals surface area contributed by atoms with Gasteiger partial charge in [-0.05, 0) is 34.0 Å². The highest BCUT2D eigenvalue weighted by atomic mass is 79.9. The Labute approximate surface area is 155 Å². The van der Waals surface area contributed by atoms with Crippen LogP contribution in [-0.4, -0.2) is 12.1 Å². The van der Waals surface area contributed by atoms with Crippen LogP contribution in [-0.2, 0) is 11.2 Å². The van der Waals surface area contributed by atoms with Gasteiger partial charge in [-0.15, -0.1) is 0 Å². The minimum absolute atomic E-state index is 0.142. The lowest BCUT2D eigenvalue weighted by Crippen LogP contribution is -2.19. The van der Waals surface area contributed by atoms with Crippen molar-refractivity contribution in [2.75, 3.05) is 0 Å². The molecule has 0 saturated carbocycles. The van der Waals surface area contributed by atoms with E-state index in [4.69, 9.17) is 0 Å². The van der Waals surface area contributed by atoms with E-state index in [1.807, 2.05) is 72.8 Å². The molecule has 0 aromatic heterocycles. The number of nitrogens with one attached hydrogen (secondary N) is 1. The summed E-state index contributed by atoms with van der Waals surface area (Å²) >= 11 is 3.54. The molecule has 0 atom stereocenters. The second-order valence-electron chi connectivity index (χ2n) is 5.51. The predicted molar refractivity (Wildman–Crippen MR) is 107 cm³/mol. The van der Waals surface area contributed by atoms with Gasteiger partial charge in [0.2, 0.25) is 5.91 Å². The van der Waals surface area contributed by atoms with Crippen LogP contribution in [0, 0.1) is 0 Å². The van der Waals surface area contributed by atoms with Gasteiger partial charge in [0.1, 0.15) is 0 Å². The fourth-order valence-corrected chi connectivity index (χ4v) is 3.04. The second-order valence-corrected chi connectivity index (χ2v) is 6.37. The van der Waals surface area contributed by atoms with Gasteiger partial charge in [0.15, 0.2) is 0 Å². The molecule has 0 radical (unpaired) electrons. The van der Waals surface area contributed by atoms with E-state index < -0.39 is 0 Å². The van der Waals surface area contributed by atoms with Crippen LogP contribution in [0.25, 0.3) is 16.8 Å². The van der Waals surface area contributed by atoms with Crippen LogP contribution in [0.5, 0.6) is 0 Å². The van der Waals surface area contributed by atoms with Gasteiger partial charge in [-0.3, -0.25) is 4.79 Å². The maximum absolute atomic E-state index is 12.1. The molecule has 3 aromatic rings. The van der Waals surface area contributed by atoms with E-state index in [1.165, 1.54) is 0 Å². The molecule has 124 valence electrons. The summed E-state index contributed by atoms with van der Waals surface area (Å²) in [7, 11) is 0. The van der Waals surface area contributed by atoms with E-state index in [1.54, 1.807) is 12.3 Å². The molecule has 3 aromatic carbocycles. The van der Waals surface area contributed by atoms with E-state index >= 15 is 0 Å². The van der Waals surface area contributed by atoms with E-state index in [2.05, 4.69) is 26.5 Å². The molecule has 1 N–H and O–H groups in total. The number of fused-ring (bicyclic) bond motifs is 1. The number of allylic oxidation sites excluding steroid dienone is 1. The zero-order chi connectivity index (χ0) is 17.5. The number of carbonyl (C=O) groups excluding carboxylic acids is 1. The number of nitrogens with zero attached hydrogens (tertiary/aromatic N) is 1. The predicted octanol–water partition coefficient (Wildman–Crippen LogP) is 4.96. The van der Waals surface area contributed by atoms with Crippen LogP contribution in [0.15, 0.2) is 82.4 Å². The molecule has 0 saturated heterocycles. The SMILES string of the molecule is O=C(Cc1ccc(Br)c2ccccc12)N/N=C\C=C\c1ccccc1. The van der Waals surface area contributed by atoms with E-state index in [0.717, 1.165) is 26.4 Å². The molecule has 1 amide bonds. The van der Waals surface area contributed by atoms with Crippen molar-refractivity contribution in [3.63, 3.8) is 0 Å². The monoisotopic (exact) mass is 392 g/mol. The number of halogens is 1. The average Bonchev–Trinajstić information content (AvgIpc) is 2.65. The van der Waals surface area contributed by atoms with Gasteiger partial charge >= 0.3 is 0 Å². The molecule has 0 aliphatic rings. The average molecular weight is 393 g/mol. The van der Waals surface area contributed by atoms with Crippen molar-refractivity contribution in [1.82, 2.24) is 5.43 Å². The van der Waals surface area contributed by atoms with Gasteiger partial charge in [0.05, 0.1) is 6.42 Å². The highest BCUT2D eigenvalue weighted by Gasteiger charge is 2.07. The summed E-state index contributed by atoms with van der Waals surface area (Å²) < 4.78 is 1.02. The molecule has 4 heteroatoms. The summed E-state index contributed by atoms with van der Waals surface area (Å²) in [5.41, 5.74) is 4.63. The summed E-state index contributed by atoms with van der Waals surface area (Å²) in [6, 6.07) is 21.9. The maximum atomic E-state index is 12.1. The molecule has 0 heterocycles. The zero-order valence-electron chi connectivity index (χ0n) is 13.5. The first kappa shape index (κ1) is 17.1. The van der Waals surface area contributed by atoms with E-state index in [-0.39, 0.29) is 12.3 Å². The van der Waals surface area contributed by atoms with Crippen molar-refractivity contribution in [1.29, 1.82) is 0 Å². The lowest BCUT2D eigenvalue weighted by Gasteiger charge is -2.07. The first-order valence-electron chi connectivity index (χ1n) is 7.94. The number of benzene rings is 3. The van der Waals surface area contributed by atoms with Crippen molar-refractivity contribution in [3.05, 3.63) is 88.4 Å². The molecule has 3 nitrogen and oxygen atoms in total. The van der Waals surface area contributed by atoms with Crippen LogP contribution in [0.1, 0.15) is 11.1 Å². The number of rotatable bonds is 5. The van der Waals surface area contributed by atoms with Gasteiger partial charge in [0.25, 0.3) is 0 Å². The maximum Gasteiger partial charge on any atom is 0.244 e. The van der Waals surface area contributed by atoms with Gasteiger partial charge in [0, 0.05) is 10.7 Å². The first-order valence-corrected chi connectivity index (χ1v) is 8.73. The van der Waals surface area contributed by atoms with Crippen molar-refractivity contribution in [3.8, 4) is 0 Å². The third-order valence-corrected chi connectivity index (χ3v) is 4.44. The van der Waals surface area contributed by atoms with E-state index in [9.17, 15) is 4.79 Å². The van der Waals surface area contributed by atoms with Gasteiger partial charge in [-0.25, -0.2) is 5.43 Å². The van der Waals surface area contributed by atoms with Crippen LogP contribution < -0.4 is 5.43 Å². The third kappa shape index (κ3) is 4.64. The molecule has 0 spiro atoms. The highest BCUT2D eigenvalue weighted by Crippen LogP contribution is 2.27. The van der Waals surface area contributed by atoms with Crippen molar-refractivity contribution < 1.29 is 4.79 Å². The van der Waals surface area contributed by atoms with Crippen LogP contribution in [0.3, 0.4) is 0 Å². The summed E-state index contributed by atoms with van der Waals surface area (Å²) in [5, 5.41) is 6.13. The molecule has 0 bridgehead atoms. The van der Waals surface area contributed by atoms with Gasteiger partial charge in [-0.1, -0.05) is 82.7 Å². The summed E-state index contributed by atoms with van der Waals surface area (Å²) in [6.07, 6.45) is 5.58. The van der Waals surface area contributed by atoms with Crippen LogP contribution in [0.2, 0.25) is 0 Å². The van der Waals surface area contributed by atoms with E-state index in [0.29, 0.717) is 0 Å². The summed E-state index contributed by atoms with van der Waals surface area (Å²) in [5.74, 6) is -0.142. The fourth-order valence-electron chi connectivity index (χ4n) is 2.56. The lowest BCUT2D eigenvalue weighted by molar-refractivity contribution is -0.120. The molecular formula is C21H17BrN2O. The minimum Gasteiger partial charge on any atom is -0.273 e. The van der Waals surface area contributed by atoms with Crippen molar-refractivity contribution in [2.24, 2.45) is 5.10 Å². The smallest absolute Gasteiger partial charge is 0.244 e. The normalized spacial score (nSPS) is 11.4. The highest BCUT2D eigenvalue weighted by molar-refractivity contribution is 9.10. The largest absolute Gasteiger partial charge is 0.273 e. The molecular weight excluding hydrogens is 376 g/mol. The summed E-state index contributed by atoms with van der Waals surface area (Å²) in [6.45, 7) is 0. The topological polar surface area (TPSA) is 41.5 Å². The number of hydrazone groups is 1. The number of hydrogen-bond donors (Lipinski definition) is 1. The van der Waals surface area contributed by atoms with Crippen molar-refractivity contribution >= 4 is 44.9 Å². The Bertz CT molecular complexity index is 933. The summed E-state index contributed by atoms with van der Waals surface area (Å²) in [4.78, 5) is 12.1. The van der Waals surface area contributed by atoms with Gasteiger partial charge < -0.3 is 0 Å². The Kier molecular flexibility index (Phi) is 5.75. The fraction of sp³-hybridized carbons (Fsp3) is 0.0476. The standard InChI is InChI=1S/C21H17BrN2O/c22-20-13-12-17(18-10-4-5-11-19(18)20)15-21(25)24-23-14-6-9-16-7-2-1-3-8-16/h1-14H,15H2,(H,24,25)/b9-6+,23-14-. The second kappa shape index (κ2) is 8.40. The Morgan fingerprint density at radius 3 is 2.48 bits per heavy atom. The number of amides is 1. The minimum atomic E-state index is -0.142. The van der Waals surface area contributed by atoms with Crippen molar-refractivity contribution in [2.45, 2.75) is 6.42 Å². The quantitative estimate of drug-likeness (QED) is 0.483. The third-order valence-electron chi connectivity index (χ3n) is 3.75. The molecule has 3 rings (SSSR count). The van der Waals surface area contributed by atoms with Crippen LogP contribution in [0.4, 0.5) is 0 Å². The molecule has 0 unspecified atom stereocenters. The molecule has 0 aliphatic carbocycles. The number of carbonyl (C=O) groups is 1. The first-order chi connectivity index (χ1) is 12.2. The van der Waals surface area contributed by atoms with Gasteiger partial charge in [-0.2, -0.15) is 5.10 Å². The zero-order valence-corrected chi connectivity index (χ0v) is 15.1. The lowest BCUT2D eigenvalue weighted by atomic mass is 10.0. The Hall–Kier alpha value is -2.72. The Balaban J connectivity index is 1.61. The Morgan fingerprint density at radius 1 is 0.960 bits per heavy atom.